The van der Waals surface area contributed by atoms with Crippen LogP contribution < -0.4 is 34.5 Å². The molecule has 126 valence electrons. The van der Waals surface area contributed by atoms with Gasteiger partial charge in [0, 0.05) is 0 Å². The number of rotatable bonds is 15. The molecule has 0 aromatic rings. The average molecular weight is 343 g/mol. The molecule has 0 heterocycles. The monoisotopic (exact) mass is 343 g/mol. The molecule has 0 spiro atoms. The number of quaternary nitrogens is 1. The molecule has 1 atom stereocenters. The zero-order valence-electron chi connectivity index (χ0n) is 15.3. The van der Waals surface area contributed by atoms with Crippen molar-refractivity contribution < 1.29 is 48.0 Å². The van der Waals surface area contributed by atoms with E-state index in [1.165, 1.54) is 64.2 Å². The Labute approximate surface area is 160 Å². The summed E-state index contributed by atoms with van der Waals surface area (Å²) in [6.45, 7) is 4.40. The van der Waals surface area contributed by atoms with Gasteiger partial charge in [0.2, 0.25) is 0 Å². The van der Waals surface area contributed by atoms with E-state index in [0.29, 0.717) is 6.61 Å². The summed E-state index contributed by atoms with van der Waals surface area (Å²) in [5, 5.41) is 0. The minimum atomic E-state index is -2.69. The summed E-state index contributed by atoms with van der Waals surface area (Å²) in [5.74, 6) is 0. The van der Waals surface area contributed by atoms with E-state index in [9.17, 15) is 9.46 Å². The van der Waals surface area contributed by atoms with Gasteiger partial charge >= 0.3 is 37.8 Å². The van der Waals surface area contributed by atoms with Gasteiger partial charge in [0.05, 0.1) is 20.6 Å². The maximum Gasteiger partial charge on any atom is 1.00 e. The first-order chi connectivity index (χ1) is 9.98. The van der Waals surface area contributed by atoms with Crippen LogP contribution in [0.3, 0.4) is 0 Å². The molecule has 0 amide bonds. The van der Waals surface area contributed by atoms with Gasteiger partial charge < -0.3 is 9.38 Å². The van der Waals surface area contributed by atoms with Gasteiger partial charge in [-0.25, -0.2) is 0 Å². The SMILES string of the molecule is CCCCCCCCCCCC[N+](C)(C)CCO[P+](=O)[O-].[Na+]. The molecule has 0 rings (SSSR count). The molecule has 0 aliphatic carbocycles. The van der Waals surface area contributed by atoms with E-state index in [2.05, 4.69) is 25.5 Å². The Kier molecular flexibility index (Phi) is 19.3. The molecule has 0 N–H and O–H groups in total. The van der Waals surface area contributed by atoms with Crippen molar-refractivity contribution >= 4 is 8.25 Å². The van der Waals surface area contributed by atoms with Gasteiger partial charge in [0.25, 0.3) is 0 Å². The van der Waals surface area contributed by atoms with Crippen LogP contribution in [0.15, 0.2) is 0 Å². The average Bonchev–Trinajstić information content (AvgIpc) is 2.40. The molecule has 0 saturated carbocycles. The summed E-state index contributed by atoms with van der Waals surface area (Å²) in [4.78, 5) is 10.3. The van der Waals surface area contributed by atoms with Crippen molar-refractivity contribution in [2.24, 2.45) is 0 Å². The molecule has 1 unspecified atom stereocenters. The second-order valence-electron chi connectivity index (χ2n) is 6.62. The fourth-order valence-electron chi connectivity index (χ4n) is 2.50. The molecule has 0 aliphatic heterocycles. The largest absolute Gasteiger partial charge is 1.00 e. The minimum Gasteiger partial charge on any atom is -0.566 e. The molecule has 0 aliphatic rings. The Balaban J connectivity index is 0. The van der Waals surface area contributed by atoms with Gasteiger partial charge in [0.1, 0.15) is 6.54 Å². The quantitative estimate of drug-likeness (QED) is 0.193. The van der Waals surface area contributed by atoms with Crippen molar-refractivity contribution in [2.75, 3.05) is 33.8 Å². The summed E-state index contributed by atoms with van der Waals surface area (Å²) >= 11 is 0. The molecule has 0 saturated heterocycles. The van der Waals surface area contributed by atoms with E-state index in [1.54, 1.807) is 0 Å². The van der Waals surface area contributed by atoms with Crippen LogP contribution in [0.5, 0.6) is 0 Å². The molecule has 0 aromatic heterocycles. The van der Waals surface area contributed by atoms with Crippen LogP contribution in [0.25, 0.3) is 0 Å². The van der Waals surface area contributed by atoms with Gasteiger partial charge in [-0.1, -0.05) is 58.3 Å². The van der Waals surface area contributed by atoms with E-state index >= 15 is 0 Å². The third-order valence-electron chi connectivity index (χ3n) is 4.01. The zero-order chi connectivity index (χ0) is 16.0. The van der Waals surface area contributed by atoms with Crippen molar-refractivity contribution in [2.45, 2.75) is 71.1 Å². The molecular weight excluding hydrogens is 308 g/mol. The smallest absolute Gasteiger partial charge is 0.566 e. The summed E-state index contributed by atoms with van der Waals surface area (Å²) in [7, 11) is 1.58. The van der Waals surface area contributed by atoms with Crippen LogP contribution in [-0.2, 0) is 9.09 Å². The number of unbranched alkanes of at least 4 members (excludes halogenated alkanes) is 9. The summed E-state index contributed by atoms with van der Waals surface area (Å²) in [6, 6.07) is 0. The molecule has 0 aromatic carbocycles. The maximum atomic E-state index is 10.3. The third kappa shape index (κ3) is 19.0. The van der Waals surface area contributed by atoms with Gasteiger partial charge in [0.15, 0.2) is 6.61 Å². The molecule has 0 radical (unpaired) electrons. The first kappa shape index (κ1) is 25.2. The first-order valence-electron chi connectivity index (χ1n) is 8.57. The third-order valence-corrected chi connectivity index (χ3v) is 4.40. The van der Waals surface area contributed by atoms with E-state index in [-0.39, 0.29) is 29.6 Å². The predicted molar refractivity (Wildman–Crippen MR) is 87.2 cm³/mol. The number of hydrogen-bond acceptors (Lipinski definition) is 3. The summed E-state index contributed by atoms with van der Waals surface area (Å²) < 4.78 is 15.8. The molecular formula is C16H35NNaO3P+2. The van der Waals surface area contributed by atoms with Gasteiger partial charge in [-0.15, -0.1) is 4.52 Å². The molecule has 22 heavy (non-hydrogen) atoms. The summed E-state index contributed by atoms with van der Waals surface area (Å²) in [6.07, 6.45) is 13.5. The van der Waals surface area contributed by atoms with Gasteiger partial charge in [-0.2, -0.15) is 0 Å². The van der Waals surface area contributed by atoms with Crippen LogP contribution in [0.1, 0.15) is 71.1 Å². The minimum absolute atomic E-state index is 0. The predicted octanol–water partition coefficient (Wildman–Crippen LogP) is 1.02. The van der Waals surface area contributed by atoms with E-state index in [1.807, 2.05) is 0 Å². The van der Waals surface area contributed by atoms with E-state index in [0.717, 1.165) is 17.6 Å². The molecule has 0 fully saturated rings. The van der Waals surface area contributed by atoms with Crippen molar-refractivity contribution in [1.82, 2.24) is 0 Å². The van der Waals surface area contributed by atoms with Crippen LogP contribution in [0.2, 0.25) is 0 Å². The molecule has 6 heteroatoms. The Bertz CT molecular complexity index is 266. The number of hydrogen-bond donors (Lipinski definition) is 0. The Morgan fingerprint density at radius 2 is 1.32 bits per heavy atom. The van der Waals surface area contributed by atoms with Crippen LogP contribution in [0, 0.1) is 0 Å². The van der Waals surface area contributed by atoms with E-state index < -0.39 is 8.25 Å². The fraction of sp³-hybridized carbons (Fsp3) is 1.00. The standard InChI is InChI=1S/C16H35NO3P.Na/c1-4-5-6-7-8-9-10-11-12-13-14-17(2,3)15-16-20-21(18)19;/h4-16H2,1-3H3;/q2*+1. The van der Waals surface area contributed by atoms with Gasteiger partial charge in [-0.3, -0.25) is 0 Å². The Morgan fingerprint density at radius 3 is 1.77 bits per heavy atom. The molecule has 4 nitrogen and oxygen atoms in total. The second kappa shape index (κ2) is 16.8. The van der Waals surface area contributed by atoms with Crippen molar-refractivity contribution in [1.29, 1.82) is 0 Å². The van der Waals surface area contributed by atoms with Crippen LogP contribution in [-0.4, -0.2) is 38.3 Å². The van der Waals surface area contributed by atoms with Crippen molar-refractivity contribution in [3.8, 4) is 0 Å². The van der Waals surface area contributed by atoms with Crippen LogP contribution >= 0.6 is 8.25 Å². The first-order valence-corrected chi connectivity index (χ1v) is 9.67. The Hall–Kier alpha value is 0.980. The van der Waals surface area contributed by atoms with Crippen molar-refractivity contribution in [3.63, 3.8) is 0 Å². The Morgan fingerprint density at radius 1 is 0.864 bits per heavy atom. The number of nitrogens with zero attached hydrogens (tertiary/aromatic N) is 1. The van der Waals surface area contributed by atoms with Gasteiger partial charge in [-0.05, 0) is 17.4 Å². The van der Waals surface area contributed by atoms with Crippen molar-refractivity contribution in [3.05, 3.63) is 0 Å². The van der Waals surface area contributed by atoms with E-state index in [4.69, 9.17) is 0 Å². The second-order valence-corrected chi connectivity index (χ2v) is 7.33. The normalized spacial score (nSPS) is 12.1. The maximum absolute atomic E-state index is 10.3. The molecule has 0 bridgehead atoms. The zero-order valence-corrected chi connectivity index (χ0v) is 18.2. The topological polar surface area (TPSA) is 49.4 Å². The van der Waals surface area contributed by atoms with Crippen LogP contribution in [0.4, 0.5) is 0 Å². The fourth-order valence-corrected chi connectivity index (χ4v) is 2.73. The summed E-state index contributed by atoms with van der Waals surface area (Å²) in [5.41, 5.74) is 0. The number of likely N-dealkylation sites (N-methyl/N-ethyl adjacent to an activating group) is 1.